The lowest BCUT2D eigenvalue weighted by molar-refractivity contribution is -0.107. The second kappa shape index (κ2) is 34.2. The van der Waals surface area contributed by atoms with Gasteiger partial charge in [0.05, 0.1) is 31.6 Å². The Balaban J connectivity index is 0.000000488. The molecular formula is C66H88BBrN8O12S2. The topological polar surface area (TPSA) is 282 Å². The summed E-state index contributed by atoms with van der Waals surface area (Å²) in [7, 11) is -0.311. The van der Waals surface area contributed by atoms with Crippen LogP contribution in [0.25, 0.3) is 33.4 Å². The van der Waals surface area contributed by atoms with Crippen LogP contribution in [0.3, 0.4) is 0 Å². The molecule has 0 spiro atoms. The number of aromatic nitrogens is 2. The Labute approximate surface area is 542 Å². The summed E-state index contributed by atoms with van der Waals surface area (Å²) in [6.07, 6.45) is 6.64. The van der Waals surface area contributed by atoms with Gasteiger partial charge in [0.2, 0.25) is 0 Å². The summed E-state index contributed by atoms with van der Waals surface area (Å²) in [5.41, 5.74) is 1.85. The predicted octanol–water partition coefficient (Wildman–Crippen LogP) is 13.6. The quantitative estimate of drug-likeness (QED) is 0.0293. The maximum Gasteiger partial charge on any atom is 0.329 e. The first kappa shape index (κ1) is 77.9. The third-order valence-electron chi connectivity index (χ3n) is 12.2. The molecule has 90 heavy (non-hydrogen) atoms. The van der Waals surface area contributed by atoms with Crippen LogP contribution in [-0.2, 0) is 26.6 Å². The van der Waals surface area contributed by atoms with E-state index in [0.717, 1.165) is 45.9 Å². The molecule has 6 aromatic carbocycles. The summed E-state index contributed by atoms with van der Waals surface area (Å²) in [6, 6.07) is 37.5. The fourth-order valence-corrected chi connectivity index (χ4v) is 9.73. The van der Waals surface area contributed by atoms with Crippen molar-refractivity contribution < 1.29 is 55.6 Å². The van der Waals surface area contributed by atoms with E-state index in [1.54, 1.807) is 137 Å². The van der Waals surface area contributed by atoms with Crippen LogP contribution in [0.2, 0.25) is 0 Å². The zero-order chi connectivity index (χ0) is 65.8. The zero-order valence-electron chi connectivity index (χ0n) is 52.1. The van der Waals surface area contributed by atoms with E-state index in [2.05, 4.69) is 41.7 Å². The molecule has 20 nitrogen and oxygen atoms in total. The van der Waals surface area contributed by atoms with Crippen molar-refractivity contribution >= 4 is 61.5 Å². The number of halogens is 1. The Morgan fingerprint density at radius 3 is 1.36 bits per heavy atom. The fourth-order valence-electron chi connectivity index (χ4n) is 7.10. The van der Waals surface area contributed by atoms with Gasteiger partial charge >= 0.3 is 12.1 Å². The molecule has 0 atom stereocenters. The van der Waals surface area contributed by atoms with Crippen molar-refractivity contribution in [3.8, 4) is 67.9 Å². The van der Waals surface area contributed by atoms with Crippen LogP contribution >= 0.6 is 15.9 Å². The van der Waals surface area contributed by atoms with Crippen molar-refractivity contribution in [2.45, 2.75) is 137 Å². The Hall–Kier alpha value is -8.16. The Morgan fingerprint density at radius 2 is 0.989 bits per heavy atom. The second-order valence-electron chi connectivity index (χ2n) is 22.6. The lowest BCUT2D eigenvalue weighted by Gasteiger charge is -2.31. The Kier molecular flexibility index (Phi) is 29.6. The normalized spacial score (nSPS) is 11.4. The number of sulfonamides is 2. The highest BCUT2D eigenvalue weighted by Gasteiger charge is 2.32. The lowest BCUT2D eigenvalue weighted by atomic mass is 9.90. The molecule has 4 amide bonds. The number of urea groups is 2. The average molecular weight is 1340 g/mol. The molecule has 0 aliphatic carbocycles. The smallest absolute Gasteiger partial charge is 0.329 e. The van der Waals surface area contributed by atoms with E-state index in [0.29, 0.717) is 28.1 Å². The molecule has 0 saturated carbocycles. The van der Waals surface area contributed by atoms with E-state index in [1.165, 1.54) is 24.3 Å². The number of nitrogens with one attached hydrogen (secondary N) is 6. The first-order valence-corrected chi connectivity index (χ1v) is 31.4. The first-order valence-electron chi connectivity index (χ1n) is 27.7. The fraction of sp³-hybridized carbons (Fsp3) is 0.333. The second-order valence-corrected chi connectivity index (χ2v) is 26.9. The van der Waals surface area contributed by atoms with Gasteiger partial charge in [0.25, 0.3) is 20.0 Å². The van der Waals surface area contributed by atoms with Gasteiger partial charge in [-0.05, 0) is 208 Å². The van der Waals surface area contributed by atoms with Gasteiger partial charge in [-0.3, -0.25) is 4.68 Å². The van der Waals surface area contributed by atoms with Gasteiger partial charge in [0.1, 0.15) is 52.1 Å². The molecule has 0 aliphatic heterocycles. The molecule has 7 aromatic rings. The van der Waals surface area contributed by atoms with Crippen LogP contribution in [0.1, 0.15) is 97.9 Å². The van der Waals surface area contributed by atoms with Crippen molar-refractivity contribution in [3.63, 3.8) is 0 Å². The van der Waals surface area contributed by atoms with Gasteiger partial charge in [-0.1, -0.05) is 85.4 Å². The van der Waals surface area contributed by atoms with Gasteiger partial charge in [-0.25, -0.2) is 35.9 Å². The highest BCUT2D eigenvalue weighted by atomic mass is 79.9. The molecule has 24 heteroatoms. The molecule has 1 heterocycles. The summed E-state index contributed by atoms with van der Waals surface area (Å²) in [5.74, 6) is 2.53. The first-order chi connectivity index (χ1) is 41.0. The van der Waals surface area contributed by atoms with Crippen molar-refractivity contribution in [2.75, 3.05) is 20.8 Å². The molecule has 8 N–H and O–H groups in total. The van der Waals surface area contributed by atoms with Crippen LogP contribution < -0.4 is 44.3 Å². The van der Waals surface area contributed by atoms with Crippen LogP contribution in [0, 0.1) is 5.41 Å². The number of rotatable bonds is 18. The number of ether oxygens (including phenoxy) is 4. The van der Waals surface area contributed by atoms with Crippen molar-refractivity contribution in [1.29, 1.82) is 5.41 Å². The number of methoxy groups -OCH3 is 2. The highest BCUT2D eigenvalue weighted by Crippen LogP contribution is 2.36. The average Bonchev–Trinajstić information content (AvgIpc) is 1.19. The molecule has 1 aromatic heterocycles. The van der Waals surface area contributed by atoms with Crippen molar-refractivity contribution in [1.82, 2.24) is 35.2 Å². The van der Waals surface area contributed by atoms with Gasteiger partial charge in [-0.2, -0.15) is 5.10 Å². The van der Waals surface area contributed by atoms with Gasteiger partial charge in [0, 0.05) is 40.4 Å². The Bertz CT molecular complexity index is 3710. The van der Waals surface area contributed by atoms with E-state index >= 15 is 0 Å². The van der Waals surface area contributed by atoms with Crippen LogP contribution in [0.4, 0.5) is 9.59 Å². The van der Waals surface area contributed by atoms with E-state index in [4.69, 9.17) is 42.4 Å². The molecule has 0 saturated heterocycles. The van der Waals surface area contributed by atoms with E-state index in [-0.39, 0.29) is 41.8 Å². The molecule has 0 aliphatic rings. The van der Waals surface area contributed by atoms with E-state index < -0.39 is 54.4 Å². The molecule has 0 fully saturated rings. The third kappa shape index (κ3) is 25.7. The maximum atomic E-state index is 13.4. The molecule has 486 valence electrons. The number of aryl methyl sites for hydroxylation is 1. The summed E-state index contributed by atoms with van der Waals surface area (Å²) < 4.78 is 81.7. The summed E-state index contributed by atoms with van der Waals surface area (Å²) in [5, 5.41) is 37.3. The number of allylic oxidation sites excluding steroid dienone is 1. The number of benzene rings is 6. The van der Waals surface area contributed by atoms with Gasteiger partial charge in [0.15, 0.2) is 0 Å². The third-order valence-corrected chi connectivity index (χ3v) is 15.4. The van der Waals surface area contributed by atoms with Gasteiger partial charge < -0.3 is 50.5 Å². The number of hydrogen-bond acceptors (Lipinski definition) is 15. The number of carbonyl (C=O) groups excluding carboxylic acids is 2. The molecule has 0 bridgehead atoms. The molecule has 2 radical (unpaired) electrons. The number of carbonyl (C=O) groups is 2. The SMILES string of the molecule is C.C.CC(C)(O)C(C)(C)O.CCn1cc(-c2ccc(Oc3cccc(-c4ccc(OC)cc4)c3)c(S(=O)(=O)NC(=O)NC(C)(C)C)c2)cn1.COc1ccc(-c2cccc(Oc3ccc(Br)cc3S(=O)(=O)NC(=O)NC(C)(C)C)c2)cc1.[B]C(=N)/C=C\NCC. The minimum Gasteiger partial charge on any atom is -0.497 e. The monoisotopic (exact) mass is 1340 g/mol. The summed E-state index contributed by atoms with van der Waals surface area (Å²) in [4.78, 5) is 24.3. The minimum atomic E-state index is -4.31. The highest BCUT2D eigenvalue weighted by molar-refractivity contribution is 9.10. The number of hydrogen-bond donors (Lipinski definition) is 8. The number of amides is 4. The molecular weight excluding hydrogens is 1250 g/mol. The van der Waals surface area contributed by atoms with Crippen LogP contribution in [0.15, 0.2) is 172 Å². The summed E-state index contributed by atoms with van der Waals surface area (Å²) >= 11 is 3.28. The maximum absolute atomic E-state index is 13.4. The number of nitrogens with zero attached hydrogens (tertiary/aromatic N) is 2. The summed E-state index contributed by atoms with van der Waals surface area (Å²) in [6.45, 7) is 22.3. The Morgan fingerprint density at radius 1 is 0.589 bits per heavy atom. The number of aliphatic hydroxyl groups is 2. The van der Waals surface area contributed by atoms with E-state index in [1.807, 2.05) is 104 Å². The molecule has 7 rings (SSSR count). The lowest BCUT2D eigenvalue weighted by Crippen LogP contribution is -2.48. The van der Waals surface area contributed by atoms with Crippen LogP contribution in [-0.4, -0.2) is 105 Å². The van der Waals surface area contributed by atoms with Crippen molar-refractivity contribution in [2.24, 2.45) is 0 Å². The van der Waals surface area contributed by atoms with Gasteiger partial charge in [-0.15, -0.1) is 0 Å². The zero-order valence-corrected chi connectivity index (χ0v) is 55.3. The largest absolute Gasteiger partial charge is 0.497 e. The molecule has 0 unspecified atom stereocenters. The standard InChI is InChI=1S/C29H32N4O5S.C24H25BrN2O5S.C6H14O2.C5H9BN2.2CH4/c1-6-33-19-23(18-30-33)22-12-15-26(27(17-22)39(35,36)32-28(34)31-29(2,3)4)38-25-9-7-8-21(16-25)20-10-13-24(37-5)14-11-20;1-24(2,3)26-23(28)27-33(29,30)22-15-18(25)10-13-21(22)32-20-7-5-6-17(14-20)16-8-11-19(31-4)12-9-16;1-5(2,7)6(3,4)8;1-2-8-4-3-5(6)7;;/h7-19H,6H2,1-5H3,(H2,31,32,34);5-15H,1-4H3,(H2,26,27,28);7-8H,1-4H3;3-4,7-8H,2H2,1H3;2*1H4/b;;;4-3-,7-5?;;. The minimum absolute atomic E-state index is 0. The van der Waals surface area contributed by atoms with Crippen molar-refractivity contribution in [3.05, 3.63) is 163 Å². The van der Waals surface area contributed by atoms with Crippen LogP contribution in [0.5, 0.6) is 34.5 Å². The van der Waals surface area contributed by atoms with E-state index in [9.17, 15) is 26.4 Å². The predicted molar refractivity (Wildman–Crippen MR) is 364 cm³/mol.